The van der Waals surface area contributed by atoms with Crippen LogP contribution < -0.4 is 10.1 Å². The second-order valence-electron chi connectivity index (χ2n) is 5.63. The number of nitrogens with one attached hydrogen (secondary N) is 1. The summed E-state index contributed by atoms with van der Waals surface area (Å²) in [4.78, 5) is 0. The van der Waals surface area contributed by atoms with Gasteiger partial charge in [0.1, 0.15) is 11.4 Å². The molecule has 0 saturated heterocycles. The minimum atomic E-state index is -0.0604. The molecule has 1 aromatic carbocycles. The smallest absolute Gasteiger partial charge is 0.127 e. The van der Waals surface area contributed by atoms with Crippen LogP contribution in [0, 0.1) is 20.8 Å². The first-order valence-corrected chi connectivity index (χ1v) is 6.43. The Hall–Kier alpha value is -0.890. The first-order chi connectivity index (χ1) is 7.87. The van der Waals surface area contributed by atoms with Gasteiger partial charge < -0.3 is 10.1 Å². The summed E-state index contributed by atoms with van der Waals surface area (Å²) in [6.45, 7) is 14.0. The number of halogens is 1. The summed E-state index contributed by atoms with van der Waals surface area (Å²) >= 11 is 0. The summed E-state index contributed by atoms with van der Waals surface area (Å²) in [6, 6.07) is 0. The fourth-order valence-corrected chi connectivity index (χ4v) is 2.72. The topological polar surface area (TPSA) is 21.3 Å². The molecule has 0 bridgehead atoms. The molecule has 1 aliphatic heterocycles. The quantitative estimate of drug-likeness (QED) is 0.870. The summed E-state index contributed by atoms with van der Waals surface area (Å²) < 4.78 is 6.09. The highest BCUT2D eigenvalue weighted by atomic mass is 35.5. The van der Waals surface area contributed by atoms with Gasteiger partial charge in [-0.05, 0) is 58.2 Å². The number of hydrogen-bond donors (Lipinski definition) is 1. The Morgan fingerprint density at radius 1 is 1.11 bits per heavy atom. The predicted octanol–water partition coefficient (Wildman–Crippen LogP) is 4.18. The zero-order chi connectivity index (χ0) is 12.8. The Morgan fingerprint density at radius 3 is 2.28 bits per heavy atom. The van der Waals surface area contributed by atoms with E-state index in [0.717, 1.165) is 18.7 Å². The molecule has 0 amide bonds. The van der Waals surface area contributed by atoms with E-state index in [-0.39, 0.29) is 18.0 Å². The van der Waals surface area contributed by atoms with Crippen LogP contribution in [0.3, 0.4) is 0 Å². The standard InChI is InChI=1S/C15H23NO.ClH/c1-7-16-13-9(2)10(3)14-12(11(13)4)8-15(5,6)17-14;/h16H,7-8H2,1-6H3;1H. The minimum Gasteiger partial charge on any atom is -0.487 e. The van der Waals surface area contributed by atoms with Crippen LogP contribution in [-0.2, 0) is 6.42 Å². The third-order valence-electron chi connectivity index (χ3n) is 3.71. The van der Waals surface area contributed by atoms with Crippen LogP contribution >= 0.6 is 12.4 Å². The molecule has 1 aliphatic rings. The number of fused-ring (bicyclic) bond motifs is 1. The lowest BCUT2D eigenvalue weighted by atomic mass is 9.92. The van der Waals surface area contributed by atoms with Crippen molar-refractivity contribution >= 4 is 18.1 Å². The first kappa shape index (κ1) is 15.2. The van der Waals surface area contributed by atoms with E-state index >= 15 is 0 Å². The van der Waals surface area contributed by atoms with Crippen LogP contribution in [0.1, 0.15) is 43.0 Å². The van der Waals surface area contributed by atoms with Crippen molar-refractivity contribution in [3.63, 3.8) is 0 Å². The second-order valence-corrected chi connectivity index (χ2v) is 5.63. The van der Waals surface area contributed by atoms with Crippen molar-refractivity contribution < 1.29 is 4.74 Å². The Labute approximate surface area is 117 Å². The van der Waals surface area contributed by atoms with Gasteiger partial charge in [-0.2, -0.15) is 0 Å². The number of hydrogen-bond acceptors (Lipinski definition) is 2. The molecule has 1 aromatic rings. The largest absolute Gasteiger partial charge is 0.487 e. The van der Waals surface area contributed by atoms with Crippen molar-refractivity contribution in [1.29, 1.82) is 0 Å². The normalized spacial score (nSPS) is 15.7. The maximum Gasteiger partial charge on any atom is 0.127 e. The lowest BCUT2D eigenvalue weighted by molar-refractivity contribution is 0.137. The van der Waals surface area contributed by atoms with Crippen molar-refractivity contribution in [2.45, 2.75) is 53.6 Å². The van der Waals surface area contributed by atoms with Gasteiger partial charge in [0.15, 0.2) is 0 Å². The fraction of sp³-hybridized carbons (Fsp3) is 0.600. The molecule has 0 radical (unpaired) electrons. The average molecular weight is 270 g/mol. The van der Waals surface area contributed by atoms with E-state index in [1.54, 1.807) is 0 Å². The number of anilines is 1. The molecule has 1 N–H and O–H groups in total. The third-order valence-corrected chi connectivity index (χ3v) is 3.71. The van der Waals surface area contributed by atoms with Crippen molar-refractivity contribution in [3.8, 4) is 5.75 Å². The van der Waals surface area contributed by atoms with E-state index in [2.05, 4.69) is 46.9 Å². The Kier molecular flexibility index (Phi) is 4.22. The Morgan fingerprint density at radius 2 is 1.72 bits per heavy atom. The van der Waals surface area contributed by atoms with Gasteiger partial charge in [-0.3, -0.25) is 0 Å². The zero-order valence-electron chi connectivity index (χ0n) is 12.2. The van der Waals surface area contributed by atoms with Gasteiger partial charge in [-0.15, -0.1) is 12.4 Å². The van der Waals surface area contributed by atoms with E-state index in [9.17, 15) is 0 Å². The molecule has 0 aromatic heterocycles. The Bertz CT molecular complexity index is 466. The molecule has 3 heteroatoms. The molecule has 0 atom stereocenters. The molecule has 102 valence electrons. The number of rotatable bonds is 2. The van der Waals surface area contributed by atoms with Gasteiger partial charge in [0, 0.05) is 24.2 Å². The summed E-state index contributed by atoms with van der Waals surface area (Å²) in [5.74, 6) is 1.12. The molecule has 1 heterocycles. The monoisotopic (exact) mass is 269 g/mol. The summed E-state index contributed by atoms with van der Waals surface area (Å²) in [6.07, 6.45) is 1.01. The third kappa shape index (κ3) is 2.31. The van der Waals surface area contributed by atoms with Gasteiger partial charge in [-0.25, -0.2) is 0 Å². The average Bonchev–Trinajstić information content (AvgIpc) is 2.58. The highest BCUT2D eigenvalue weighted by molar-refractivity contribution is 5.85. The Balaban J connectivity index is 0.00000162. The van der Waals surface area contributed by atoms with E-state index in [1.165, 1.54) is 27.9 Å². The summed E-state index contributed by atoms with van der Waals surface area (Å²) in [7, 11) is 0. The maximum atomic E-state index is 6.09. The van der Waals surface area contributed by atoms with Crippen LogP contribution in [0.5, 0.6) is 5.75 Å². The maximum absolute atomic E-state index is 6.09. The molecule has 0 saturated carbocycles. The van der Waals surface area contributed by atoms with Gasteiger partial charge in [0.2, 0.25) is 0 Å². The van der Waals surface area contributed by atoms with Crippen LogP contribution in [0.4, 0.5) is 5.69 Å². The SMILES string of the molecule is CCNc1c(C)c(C)c2c(c1C)CC(C)(C)O2.Cl. The van der Waals surface area contributed by atoms with Crippen molar-refractivity contribution in [1.82, 2.24) is 0 Å². The van der Waals surface area contributed by atoms with E-state index in [4.69, 9.17) is 4.74 Å². The van der Waals surface area contributed by atoms with Crippen LogP contribution in [0.2, 0.25) is 0 Å². The molecule has 18 heavy (non-hydrogen) atoms. The van der Waals surface area contributed by atoms with Crippen LogP contribution in [0.15, 0.2) is 0 Å². The van der Waals surface area contributed by atoms with Gasteiger partial charge in [0.05, 0.1) is 0 Å². The zero-order valence-corrected chi connectivity index (χ0v) is 13.0. The van der Waals surface area contributed by atoms with Crippen molar-refractivity contribution in [3.05, 3.63) is 22.3 Å². The van der Waals surface area contributed by atoms with E-state index in [1.807, 2.05) is 0 Å². The number of ether oxygens (including phenoxy) is 1. The highest BCUT2D eigenvalue weighted by Gasteiger charge is 2.34. The van der Waals surface area contributed by atoms with Gasteiger partial charge in [-0.1, -0.05) is 0 Å². The molecule has 0 unspecified atom stereocenters. The van der Waals surface area contributed by atoms with Crippen molar-refractivity contribution in [2.24, 2.45) is 0 Å². The molecule has 2 rings (SSSR count). The minimum absolute atomic E-state index is 0. The molecular weight excluding hydrogens is 246 g/mol. The molecule has 0 fully saturated rings. The van der Waals surface area contributed by atoms with Gasteiger partial charge in [0.25, 0.3) is 0 Å². The predicted molar refractivity (Wildman–Crippen MR) is 80.5 cm³/mol. The lowest BCUT2D eigenvalue weighted by Gasteiger charge is -2.19. The molecule has 0 aliphatic carbocycles. The first-order valence-electron chi connectivity index (χ1n) is 6.43. The van der Waals surface area contributed by atoms with E-state index in [0.29, 0.717) is 0 Å². The fourth-order valence-electron chi connectivity index (χ4n) is 2.72. The lowest BCUT2D eigenvalue weighted by Crippen LogP contribution is -2.24. The van der Waals surface area contributed by atoms with Crippen molar-refractivity contribution in [2.75, 3.05) is 11.9 Å². The van der Waals surface area contributed by atoms with E-state index < -0.39 is 0 Å². The molecule has 2 nitrogen and oxygen atoms in total. The molecular formula is C15H24ClNO. The summed E-state index contributed by atoms with van der Waals surface area (Å²) in [5.41, 5.74) is 6.58. The second kappa shape index (κ2) is 5.00. The highest BCUT2D eigenvalue weighted by Crippen LogP contribution is 2.44. The number of benzene rings is 1. The van der Waals surface area contributed by atoms with Crippen LogP contribution in [-0.4, -0.2) is 12.1 Å². The van der Waals surface area contributed by atoms with Crippen LogP contribution in [0.25, 0.3) is 0 Å². The summed E-state index contributed by atoms with van der Waals surface area (Å²) in [5, 5.41) is 3.49. The molecule has 0 spiro atoms. The van der Waals surface area contributed by atoms with Gasteiger partial charge >= 0.3 is 0 Å².